The fraction of sp³-hybridized carbons (Fsp3) is 0.190. The first-order valence-corrected chi connectivity index (χ1v) is 8.38. The van der Waals surface area contributed by atoms with E-state index in [4.69, 9.17) is 0 Å². The van der Waals surface area contributed by atoms with Gasteiger partial charge in [-0.25, -0.2) is 4.39 Å². The van der Waals surface area contributed by atoms with E-state index in [9.17, 15) is 9.18 Å². The van der Waals surface area contributed by atoms with Gasteiger partial charge >= 0.3 is 0 Å². The number of rotatable bonds is 5. The number of hydrogen-bond donors (Lipinski definition) is 0. The van der Waals surface area contributed by atoms with Crippen LogP contribution in [0, 0.1) is 12.7 Å². The van der Waals surface area contributed by atoms with Crippen molar-refractivity contribution in [3.8, 4) is 0 Å². The van der Waals surface area contributed by atoms with Gasteiger partial charge in [0.15, 0.2) is 0 Å². The molecular formula is C21H20FN3O. The van der Waals surface area contributed by atoms with Crippen molar-refractivity contribution in [3.63, 3.8) is 0 Å². The van der Waals surface area contributed by atoms with Crippen LogP contribution < -0.4 is 0 Å². The second-order valence-corrected chi connectivity index (χ2v) is 6.28. The van der Waals surface area contributed by atoms with Crippen LogP contribution in [0.2, 0.25) is 0 Å². The summed E-state index contributed by atoms with van der Waals surface area (Å²) in [5.41, 5.74) is 3.65. The predicted octanol–water partition coefficient (Wildman–Crippen LogP) is 3.79. The normalized spacial score (nSPS) is 10.6. The molecule has 0 aliphatic rings. The van der Waals surface area contributed by atoms with Gasteiger partial charge in [-0.15, -0.1) is 0 Å². The summed E-state index contributed by atoms with van der Waals surface area (Å²) in [5.74, 6) is -0.329. The zero-order valence-electron chi connectivity index (χ0n) is 14.8. The van der Waals surface area contributed by atoms with Crippen molar-refractivity contribution in [2.75, 3.05) is 7.05 Å². The molecule has 1 amide bonds. The molecule has 0 atom stereocenters. The van der Waals surface area contributed by atoms with E-state index < -0.39 is 0 Å². The summed E-state index contributed by atoms with van der Waals surface area (Å²) in [6, 6.07) is 12.6. The first-order chi connectivity index (χ1) is 12.5. The minimum absolute atomic E-state index is 0.0983. The third kappa shape index (κ3) is 4.11. The van der Waals surface area contributed by atoms with E-state index in [0.29, 0.717) is 24.1 Å². The number of carbonyl (C=O) groups excluding carboxylic acids is 1. The lowest BCUT2D eigenvalue weighted by Gasteiger charge is -2.18. The summed E-state index contributed by atoms with van der Waals surface area (Å²) >= 11 is 0. The molecule has 0 fully saturated rings. The van der Waals surface area contributed by atoms with Gasteiger partial charge in [-0.3, -0.25) is 14.8 Å². The maximum atomic E-state index is 13.8. The highest BCUT2D eigenvalue weighted by Crippen LogP contribution is 2.18. The Kier molecular flexibility index (Phi) is 5.37. The molecule has 2 aromatic carbocycles. The van der Waals surface area contributed by atoms with E-state index in [1.165, 1.54) is 6.07 Å². The molecule has 3 aromatic rings. The first kappa shape index (κ1) is 17.7. The molecular weight excluding hydrogens is 329 g/mol. The molecule has 1 heterocycles. The third-order valence-electron chi connectivity index (χ3n) is 4.24. The number of carbonyl (C=O) groups is 1. The highest BCUT2D eigenvalue weighted by atomic mass is 19.1. The fourth-order valence-corrected chi connectivity index (χ4v) is 2.78. The SMILES string of the molecule is Cc1ccc(Cc2ccccc2C(=O)N(C)Cc2cnccn2)cc1F. The molecule has 0 spiro atoms. The third-order valence-corrected chi connectivity index (χ3v) is 4.24. The molecule has 0 saturated carbocycles. The number of halogens is 1. The van der Waals surface area contributed by atoms with Crippen LogP contribution in [0.1, 0.15) is 32.7 Å². The Morgan fingerprint density at radius 1 is 1.15 bits per heavy atom. The Balaban J connectivity index is 1.81. The Labute approximate surface area is 152 Å². The minimum Gasteiger partial charge on any atom is -0.336 e. The number of amides is 1. The summed E-state index contributed by atoms with van der Waals surface area (Å²) in [6.07, 6.45) is 5.34. The van der Waals surface area contributed by atoms with Gasteiger partial charge in [0.25, 0.3) is 5.91 Å². The van der Waals surface area contributed by atoms with Crippen LogP contribution >= 0.6 is 0 Å². The molecule has 0 N–H and O–H groups in total. The van der Waals surface area contributed by atoms with Crippen LogP contribution in [0.15, 0.2) is 61.1 Å². The Bertz CT molecular complexity index is 912. The second kappa shape index (κ2) is 7.87. The fourth-order valence-electron chi connectivity index (χ4n) is 2.78. The van der Waals surface area contributed by atoms with Crippen molar-refractivity contribution in [3.05, 3.63) is 94.8 Å². The topological polar surface area (TPSA) is 46.1 Å². The molecule has 0 radical (unpaired) electrons. The quantitative estimate of drug-likeness (QED) is 0.704. The van der Waals surface area contributed by atoms with Crippen molar-refractivity contribution in [2.24, 2.45) is 0 Å². The lowest BCUT2D eigenvalue weighted by molar-refractivity contribution is 0.0782. The van der Waals surface area contributed by atoms with Gasteiger partial charge in [0.05, 0.1) is 18.4 Å². The molecule has 0 aliphatic heterocycles. The maximum Gasteiger partial charge on any atom is 0.254 e. The van der Waals surface area contributed by atoms with E-state index in [0.717, 1.165) is 16.8 Å². The van der Waals surface area contributed by atoms with Gasteiger partial charge in [0.2, 0.25) is 0 Å². The van der Waals surface area contributed by atoms with Crippen molar-refractivity contribution in [2.45, 2.75) is 19.9 Å². The van der Waals surface area contributed by atoms with Gasteiger partial charge in [-0.1, -0.05) is 30.3 Å². The van der Waals surface area contributed by atoms with Crippen molar-refractivity contribution in [1.29, 1.82) is 0 Å². The first-order valence-electron chi connectivity index (χ1n) is 8.38. The molecule has 132 valence electrons. The van der Waals surface area contributed by atoms with Gasteiger partial charge in [-0.2, -0.15) is 0 Å². The molecule has 26 heavy (non-hydrogen) atoms. The van der Waals surface area contributed by atoms with Gasteiger partial charge in [0.1, 0.15) is 5.82 Å². The van der Waals surface area contributed by atoms with Gasteiger partial charge in [0, 0.05) is 25.0 Å². The van der Waals surface area contributed by atoms with Crippen LogP contribution in [-0.2, 0) is 13.0 Å². The summed E-state index contributed by atoms with van der Waals surface area (Å²) < 4.78 is 13.8. The molecule has 0 bridgehead atoms. The molecule has 4 nitrogen and oxygen atoms in total. The minimum atomic E-state index is -0.230. The van der Waals surface area contributed by atoms with Crippen molar-refractivity contribution < 1.29 is 9.18 Å². The lowest BCUT2D eigenvalue weighted by atomic mass is 9.98. The number of hydrogen-bond acceptors (Lipinski definition) is 3. The van der Waals surface area contributed by atoms with Gasteiger partial charge in [-0.05, 0) is 42.2 Å². The van der Waals surface area contributed by atoms with Crippen molar-refractivity contribution in [1.82, 2.24) is 14.9 Å². The largest absolute Gasteiger partial charge is 0.336 e. The number of aryl methyl sites for hydroxylation is 1. The van der Waals surface area contributed by atoms with E-state index in [1.54, 1.807) is 49.6 Å². The number of aromatic nitrogens is 2. The standard InChI is InChI=1S/C21H20FN3O/c1-15-7-8-16(12-20(15)22)11-17-5-3-4-6-19(17)21(26)25(2)14-18-13-23-9-10-24-18/h3-10,12-13H,11,14H2,1-2H3. The summed E-state index contributed by atoms with van der Waals surface area (Å²) in [7, 11) is 1.74. The summed E-state index contributed by atoms with van der Waals surface area (Å²) in [4.78, 5) is 22.7. The van der Waals surface area contributed by atoms with Crippen LogP contribution in [-0.4, -0.2) is 27.8 Å². The molecule has 3 rings (SSSR count). The average Bonchev–Trinajstić information content (AvgIpc) is 2.65. The smallest absolute Gasteiger partial charge is 0.254 e. The van der Waals surface area contributed by atoms with Crippen molar-refractivity contribution >= 4 is 5.91 Å². The maximum absolute atomic E-state index is 13.8. The monoisotopic (exact) mass is 349 g/mol. The molecule has 1 aromatic heterocycles. The highest BCUT2D eigenvalue weighted by molar-refractivity contribution is 5.95. The molecule has 0 aliphatic carbocycles. The predicted molar refractivity (Wildman–Crippen MR) is 98.2 cm³/mol. The molecule has 0 saturated heterocycles. The number of nitrogens with zero attached hydrogens (tertiary/aromatic N) is 3. The van der Waals surface area contributed by atoms with E-state index >= 15 is 0 Å². The van der Waals surface area contributed by atoms with Crippen LogP contribution in [0.5, 0.6) is 0 Å². The summed E-state index contributed by atoms with van der Waals surface area (Å²) in [6.45, 7) is 2.11. The van der Waals surface area contributed by atoms with Crippen LogP contribution in [0.25, 0.3) is 0 Å². The second-order valence-electron chi connectivity index (χ2n) is 6.28. The Morgan fingerprint density at radius 2 is 1.96 bits per heavy atom. The lowest BCUT2D eigenvalue weighted by Crippen LogP contribution is -2.27. The van der Waals surface area contributed by atoms with E-state index in [-0.39, 0.29) is 11.7 Å². The van der Waals surface area contributed by atoms with E-state index in [2.05, 4.69) is 9.97 Å². The zero-order chi connectivity index (χ0) is 18.5. The summed E-state index contributed by atoms with van der Waals surface area (Å²) in [5, 5.41) is 0. The van der Waals surface area contributed by atoms with E-state index in [1.807, 2.05) is 24.3 Å². The van der Waals surface area contributed by atoms with Crippen LogP contribution in [0.4, 0.5) is 4.39 Å². The Hall–Kier alpha value is -3.08. The molecule has 5 heteroatoms. The molecule has 0 unspecified atom stereocenters. The average molecular weight is 349 g/mol. The zero-order valence-corrected chi connectivity index (χ0v) is 14.8. The Morgan fingerprint density at radius 3 is 2.69 bits per heavy atom. The highest BCUT2D eigenvalue weighted by Gasteiger charge is 2.16. The van der Waals surface area contributed by atoms with Crippen LogP contribution in [0.3, 0.4) is 0 Å². The number of benzene rings is 2. The van der Waals surface area contributed by atoms with Gasteiger partial charge < -0.3 is 4.90 Å².